The molecule has 1 fully saturated rings. The van der Waals surface area contributed by atoms with Crippen LogP contribution >= 0.6 is 0 Å². The first kappa shape index (κ1) is 18.1. The topological polar surface area (TPSA) is 82.1 Å². The minimum Gasteiger partial charge on any atom is -0.467 e. The summed E-state index contributed by atoms with van der Waals surface area (Å²) in [6, 6.07) is 0. The highest BCUT2D eigenvalue weighted by atomic mass is 28.4. The Balaban J connectivity index is 2.77. The van der Waals surface area contributed by atoms with E-state index in [1.54, 1.807) is 0 Å². The number of cyclic esters (lactones) is 1. The Morgan fingerprint density at radius 3 is 2.48 bits per heavy atom. The predicted molar refractivity (Wildman–Crippen MR) is 79.2 cm³/mol. The molecule has 6 nitrogen and oxygen atoms in total. The lowest BCUT2D eigenvalue weighted by molar-refractivity contribution is -0.176. The molecule has 1 aliphatic rings. The smallest absolute Gasteiger partial charge is 0.338 e. The Kier molecular flexibility index (Phi) is 5.57. The summed E-state index contributed by atoms with van der Waals surface area (Å²) in [5, 5.41) is 9.86. The zero-order valence-corrected chi connectivity index (χ0v) is 14.6. The summed E-state index contributed by atoms with van der Waals surface area (Å²) >= 11 is 0. The van der Waals surface area contributed by atoms with Gasteiger partial charge in [0.2, 0.25) is 0 Å². The van der Waals surface area contributed by atoms with Crippen LogP contribution in [0.1, 0.15) is 33.6 Å². The molecule has 0 spiro atoms. The number of carbonyl (C=O) groups excluding carboxylic acids is 2. The van der Waals surface area contributed by atoms with E-state index >= 15 is 0 Å². The number of hydrogen-bond acceptors (Lipinski definition) is 6. The number of aliphatic hydroxyl groups excluding tert-OH is 1. The van der Waals surface area contributed by atoms with Crippen molar-refractivity contribution in [1.82, 2.24) is 0 Å². The van der Waals surface area contributed by atoms with Crippen molar-refractivity contribution in [2.45, 2.75) is 70.1 Å². The monoisotopic (exact) mass is 318 g/mol. The van der Waals surface area contributed by atoms with E-state index in [0.29, 0.717) is 6.42 Å². The molecule has 3 atom stereocenters. The summed E-state index contributed by atoms with van der Waals surface area (Å²) in [5.41, 5.74) is 0. The van der Waals surface area contributed by atoms with Gasteiger partial charge in [0.25, 0.3) is 0 Å². The van der Waals surface area contributed by atoms with E-state index in [1.165, 1.54) is 7.11 Å². The molecule has 1 aliphatic heterocycles. The van der Waals surface area contributed by atoms with E-state index in [9.17, 15) is 14.7 Å². The molecule has 0 aromatic heterocycles. The van der Waals surface area contributed by atoms with Crippen LogP contribution in [0, 0.1) is 0 Å². The Morgan fingerprint density at radius 2 is 2.00 bits per heavy atom. The molecule has 0 radical (unpaired) electrons. The fourth-order valence-electron chi connectivity index (χ4n) is 1.94. The van der Waals surface area contributed by atoms with Crippen molar-refractivity contribution in [1.29, 1.82) is 0 Å². The predicted octanol–water partition coefficient (Wildman–Crippen LogP) is 1.62. The summed E-state index contributed by atoms with van der Waals surface area (Å²) in [4.78, 5) is 23.1. The van der Waals surface area contributed by atoms with Gasteiger partial charge in [0, 0.05) is 6.42 Å². The van der Waals surface area contributed by atoms with Crippen LogP contribution in [0.4, 0.5) is 0 Å². The van der Waals surface area contributed by atoms with Crippen molar-refractivity contribution in [3.8, 4) is 0 Å². The van der Waals surface area contributed by atoms with Crippen molar-refractivity contribution in [2.75, 3.05) is 7.11 Å². The van der Waals surface area contributed by atoms with Crippen molar-refractivity contribution in [2.24, 2.45) is 0 Å². The van der Waals surface area contributed by atoms with Gasteiger partial charge in [-0.3, -0.25) is 4.79 Å². The van der Waals surface area contributed by atoms with Gasteiger partial charge in [-0.15, -0.1) is 0 Å². The van der Waals surface area contributed by atoms with Crippen LogP contribution < -0.4 is 0 Å². The van der Waals surface area contributed by atoms with Crippen LogP contribution in [-0.2, 0) is 23.5 Å². The first-order valence-corrected chi connectivity index (χ1v) is 10.0. The number of rotatable bonds is 4. The molecule has 1 N–H and O–H groups in total. The van der Waals surface area contributed by atoms with Gasteiger partial charge < -0.3 is 19.0 Å². The van der Waals surface area contributed by atoms with E-state index in [4.69, 9.17) is 9.16 Å². The van der Waals surface area contributed by atoms with E-state index in [1.807, 2.05) is 0 Å². The van der Waals surface area contributed by atoms with Crippen LogP contribution in [0.15, 0.2) is 0 Å². The van der Waals surface area contributed by atoms with Crippen LogP contribution in [0.5, 0.6) is 0 Å². The van der Waals surface area contributed by atoms with E-state index in [-0.39, 0.29) is 17.6 Å². The van der Waals surface area contributed by atoms with Crippen molar-refractivity contribution in [3.05, 3.63) is 0 Å². The maximum atomic E-state index is 11.7. The summed E-state index contributed by atoms with van der Waals surface area (Å²) in [6.07, 6.45) is -2.26. The average Bonchev–Trinajstić information content (AvgIpc) is 2.34. The number of hydrogen-bond donors (Lipinski definition) is 1. The molecule has 7 heteroatoms. The molecule has 0 unspecified atom stereocenters. The molecule has 1 saturated heterocycles. The summed E-state index contributed by atoms with van der Waals surface area (Å²) < 4.78 is 15.7. The molecule has 0 aliphatic carbocycles. The molecule has 0 amide bonds. The number of ether oxygens (including phenoxy) is 2. The highest BCUT2D eigenvalue weighted by Crippen LogP contribution is 2.38. The lowest BCUT2D eigenvalue weighted by Gasteiger charge is -2.41. The third-order valence-electron chi connectivity index (χ3n) is 4.23. The van der Waals surface area contributed by atoms with Gasteiger partial charge >= 0.3 is 11.9 Å². The molecule has 0 aromatic rings. The lowest BCUT2D eigenvalue weighted by Crippen LogP contribution is -2.50. The maximum Gasteiger partial charge on any atom is 0.338 e. The van der Waals surface area contributed by atoms with Gasteiger partial charge in [-0.25, -0.2) is 4.79 Å². The average molecular weight is 318 g/mol. The van der Waals surface area contributed by atoms with Crippen molar-refractivity contribution in [3.63, 3.8) is 0 Å². The van der Waals surface area contributed by atoms with Crippen LogP contribution in [0.3, 0.4) is 0 Å². The highest BCUT2D eigenvalue weighted by molar-refractivity contribution is 6.74. The SMILES string of the molecule is COC(=O)[C@@H](O)[C@H]1C[C@H](O[Si](C)(C)C(C)(C)C)CC(=O)O1. The van der Waals surface area contributed by atoms with Gasteiger partial charge in [0.05, 0.1) is 19.6 Å². The van der Waals surface area contributed by atoms with E-state index in [0.717, 1.165) is 0 Å². The fraction of sp³-hybridized carbons (Fsp3) is 0.857. The van der Waals surface area contributed by atoms with Gasteiger partial charge in [-0.1, -0.05) is 20.8 Å². The van der Waals surface area contributed by atoms with Crippen LogP contribution in [-0.4, -0.2) is 50.8 Å². The number of carbonyl (C=O) groups is 2. The zero-order valence-electron chi connectivity index (χ0n) is 13.6. The van der Waals surface area contributed by atoms with Crippen LogP contribution in [0.2, 0.25) is 18.1 Å². The summed E-state index contributed by atoms with van der Waals surface area (Å²) in [5.74, 6) is -1.27. The lowest BCUT2D eigenvalue weighted by atomic mass is 10.0. The van der Waals surface area contributed by atoms with Crippen molar-refractivity contribution < 1.29 is 28.6 Å². The number of aliphatic hydroxyl groups is 1. The number of esters is 2. The minimum absolute atomic E-state index is 0.0187. The fourth-order valence-corrected chi connectivity index (χ4v) is 3.31. The first-order valence-electron chi connectivity index (χ1n) is 7.11. The second kappa shape index (κ2) is 6.45. The molecule has 0 saturated carbocycles. The van der Waals surface area contributed by atoms with E-state index < -0.39 is 32.5 Å². The quantitative estimate of drug-likeness (QED) is 0.626. The Hall–Kier alpha value is -0.923. The van der Waals surface area contributed by atoms with Gasteiger partial charge in [0.1, 0.15) is 6.10 Å². The second-order valence-corrected chi connectivity index (χ2v) is 11.7. The summed E-state index contributed by atoms with van der Waals surface area (Å²) in [6.45, 7) is 10.5. The molecule has 21 heavy (non-hydrogen) atoms. The van der Waals surface area contributed by atoms with Gasteiger partial charge in [0.15, 0.2) is 14.4 Å². The van der Waals surface area contributed by atoms with Gasteiger partial charge in [-0.05, 0) is 18.1 Å². The largest absolute Gasteiger partial charge is 0.467 e. The summed E-state index contributed by atoms with van der Waals surface area (Å²) in [7, 11) is -0.847. The zero-order chi connectivity index (χ0) is 16.4. The molecular formula is C14H26O6Si. The highest BCUT2D eigenvalue weighted by Gasteiger charge is 2.43. The minimum atomic E-state index is -2.03. The third kappa shape index (κ3) is 4.52. The third-order valence-corrected chi connectivity index (χ3v) is 8.77. The maximum absolute atomic E-state index is 11.7. The van der Waals surface area contributed by atoms with Crippen LogP contribution in [0.25, 0.3) is 0 Å². The second-order valence-electron chi connectivity index (χ2n) is 6.94. The molecule has 0 aromatic carbocycles. The number of methoxy groups -OCH3 is 1. The molecule has 1 rings (SSSR count). The first-order chi connectivity index (χ1) is 9.48. The van der Waals surface area contributed by atoms with Gasteiger partial charge in [-0.2, -0.15) is 0 Å². The Morgan fingerprint density at radius 1 is 1.43 bits per heavy atom. The molecule has 122 valence electrons. The normalized spacial score (nSPS) is 25.2. The molecule has 1 heterocycles. The van der Waals surface area contributed by atoms with E-state index in [2.05, 4.69) is 38.6 Å². The molecular weight excluding hydrogens is 292 g/mol. The van der Waals surface area contributed by atoms with Crippen molar-refractivity contribution >= 4 is 20.3 Å². The standard InChI is InChI=1S/C14H26O6Si/c1-14(2,3)21(5,6)20-9-7-10(19-11(15)8-9)12(16)13(17)18-4/h9-10,12,16H,7-8H2,1-6H3/t9-,10+,12-/m0/s1. The molecule has 0 bridgehead atoms. The Bertz CT molecular complexity index is 401. The Labute approximate surface area is 126 Å².